The van der Waals surface area contributed by atoms with Crippen molar-refractivity contribution in [3.8, 4) is 0 Å². The van der Waals surface area contributed by atoms with E-state index in [1.54, 1.807) is 6.26 Å². The van der Waals surface area contributed by atoms with Gasteiger partial charge in [0.1, 0.15) is 5.58 Å². The molecule has 2 nitrogen and oxygen atoms in total. The Morgan fingerprint density at radius 1 is 1.40 bits per heavy atom. The number of para-hydroxylation sites is 1. The molecule has 0 saturated carbocycles. The molecule has 2 rings (SSSR count). The molecule has 15 heavy (non-hydrogen) atoms. The summed E-state index contributed by atoms with van der Waals surface area (Å²) in [5.74, 6) is 0. The van der Waals surface area contributed by atoms with Gasteiger partial charge in [-0.25, -0.2) is 0 Å². The normalized spacial score (nSPS) is 14.5. The highest BCUT2D eigenvalue weighted by molar-refractivity contribution is 5.87. The SMILES string of the molecule is C/C(=C\c1coc2ccccc12)C(C)N. The Hall–Kier alpha value is -1.54. The van der Waals surface area contributed by atoms with Crippen molar-refractivity contribution in [3.63, 3.8) is 0 Å². The molecular formula is C13H15NO. The lowest BCUT2D eigenvalue weighted by Gasteiger charge is -2.03. The van der Waals surface area contributed by atoms with Crippen LogP contribution in [0.1, 0.15) is 19.4 Å². The van der Waals surface area contributed by atoms with Gasteiger partial charge in [0.25, 0.3) is 0 Å². The highest BCUT2D eigenvalue weighted by Gasteiger charge is 2.03. The number of fused-ring (bicyclic) bond motifs is 1. The number of hydrogen-bond acceptors (Lipinski definition) is 2. The van der Waals surface area contributed by atoms with E-state index in [0.29, 0.717) is 0 Å². The zero-order valence-electron chi connectivity index (χ0n) is 9.03. The summed E-state index contributed by atoms with van der Waals surface area (Å²) in [6, 6.07) is 8.08. The first kappa shape index (κ1) is 9.99. The lowest BCUT2D eigenvalue weighted by atomic mass is 10.1. The van der Waals surface area contributed by atoms with Crippen molar-refractivity contribution in [2.24, 2.45) is 5.73 Å². The van der Waals surface area contributed by atoms with Crippen LogP contribution in [0.15, 0.2) is 40.5 Å². The van der Waals surface area contributed by atoms with Crippen LogP contribution in [0.5, 0.6) is 0 Å². The van der Waals surface area contributed by atoms with Gasteiger partial charge < -0.3 is 10.2 Å². The summed E-state index contributed by atoms with van der Waals surface area (Å²) >= 11 is 0. The third-order valence-electron chi connectivity index (χ3n) is 2.61. The van der Waals surface area contributed by atoms with E-state index < -0.39 is 0 Å². The summed E-state index contributed by atoms with van der Waals surface area (Å²) in [5, 5.41) is 1.14. The Morgan fingerprint density at radius 2 is 2.13 bits per heavy atom. The largest absolute Gasteiger partial charge is 0.464 e. The van der Waals surface area contributed by atoms with E-state index >= 15 is 0 Å². The first-order chi connectivity index (χ1) is 7.18. The number of nitrogens with two attached hydrogens (primary N) is 1. The van der Waals surface area contributed by atoms with E-state index in [0.717, 1.165) is 22.1 Å². The van der Waals surface area contributed by atoms with Gasteiger partial charge in [-0.3, -0.25) is 0 Å². The molecule has 2 N–H and O–H groups in total. The van der Waals surface area contributed by atoms with Gasteiger partial charge >= 0.3 is 0 Å². The maximum atomic E-state index is 5.80. The predicted molar refractivity (Wildman–Crippen MR) is 63.5 cm³/mol. The van der Waals surface area contributed by atoms with Crippen LogP contribution in [-0.4, -0.2) is 6.04 Å². The molecular weight excluding hydrogens is 186 g/mol. The first-order valence-electron chi connectivity index (χ1n) is 5.08. The van der Waals surface area contributed by atoms with Gasteiger partial charge in [-0.15, -0.1) is 0 Å². The van der Waals surface area contributed by atoms with Crippen LogP contribution < -0.4 is 5.73 Å². The van der Waals surface area contributed by atoms with Crippen LogP contribution in [0.2, 0.25) is 0 Å². The zero-order valence-corrected chi connectivity index (χ0v) is 9.03. The van der Waals surface area contributed by atoms with E-state index in [4.69, 9.17) is 10.2 Å². The smallest absolute Gasteiger partial charge is 0.134 e. The molecule has 1 aromatic carbocycles. The minimum Gasteiger partial charge on any atom is -0.464 e. The molecule has 0 saturated heterocycles. The van der Waals surface area contributed by atoms with Gasteiger partial charge in [-0.05, 0) is 19.9 Å². The third-order valence-corrected chi connectivity index (χ3v) is 2.61. The quantitative estimate of drug-likeness (QED) is 0.810. The number of benzene rings is 1. The Kier molecular flexibility index (Phi) is 2.60. The summed E-state index contributed by atoms with van der Waals surface area (Å²) in [7, 11) is 0. The lowest BCUT2D eigenvalue weighted by Crippen LogP contribution is -2.15. The van der Waals surface area contributed by atoms with Crippen molar-refractivity contribution in [1.29, 1.82) is 0 Å². The van der Waals surface area contributed by atoms with Gasteiger partial charge in [-0.2, -0.15) is 0 Å². The fourth-order valence-corrected chi connectivity index (χ4v) is 1.49. The molecule has 1 heterocycles. The molecule has 1 unspecified atom stereocenters. The molecule has 0 aliphatic heterocycles. The van der Waals surface area contributed by atoms with E-state index in [-0.39, 0.29) is 6.04 Å². The van der Waals surface area contributed by atoms with Crippen LogP contribution in [-0.2, 0) is 0 Å². The van der Waals surface area contributed by atoms with E-state index in [9.17, 15) is 0 Å². The number of hydrogen-bond donors (Lipinski definition) is 1. The van der Waals surface area contributed by atoms with E-state index in [2.05, 4.69) is 12.1 Å². The second-order valence-electron chi connectivity index (χ2n) is 3.86. The molecule has 0 radical (unpaired) electrons. The average Bonchev–Trinajstić information content (AvgIpc) is 2.62. The maximum absolute atomic E-state index is 5.80. The van der Waals surface area contributed by atoms with E-state index in [1.807, 2.05) is 32.0 Å². The lowest BCUT2D eigenvalue weighted by molar-refractivity contribution is 0.615. The summed E-state index contributed by atoms with van der Waals surface area (Å²) in [4.78, 5) is 0. The summed E-state index contributed by atoms with van der Waals surface area (Å²) < 4.78 is 5.44. The average molecular weight is 201 g/mol. The molecule has 0 aliphatic rings. The fourth-order valence-electron chi connectivity index (χ4n) is 1.49. The van der Waals surface area contributed by atoms with Gasteiger partial charge in [0.05, 0.1) is 6.26 Å². The predicted octanol–water partition coefficient (Wildman–Crippen LogP) is 3.18. The molecule has 1 atom stereocenters. The van der Waals surface area contributed by atoms with Crippen molar-refractivity contribution in [3.05, 3.63) is 41.7 Å². The monoisotopic (exact) mass is 201 g/mol. The Bertz CT molecular complexity index is 494. The second-order valence-corrected chi connectivity index (χ2v) is 3.86. The fraction of sp³-hybridized carbons (Fsp3) is 0.231. The molecule has 2 heteroatoms. The Labute approximate surface area is 89.4 Å². The van der Waals surface area contributed by atoms with Crippen LogP contribution in [0.25, 0.3) is 17.0 Å². The number of rotatable bonds is 2. The topological polar surface area (TPSA) is 39.2 Å². The van der Waals surface area contributed by atoms with Crippen molar-refractivity contribution < 1.29 is 4.42 Å². The zero-order chi connectivity index (χ0) is 10.8. The standard InChI is InChI=1S/C13H15NO/c1-9(10(2)14)7-11-8-15-13-6-4-3-5-12(11)13/h3-8,10H,14H2,1-2H3/b9-7+. The van der Waals surface area contributed by atoms with Gasteiger partial charge in [-0.1, -0.05) is 29.8 Å². The van der Waals surface area contributed by atoms with Crippen LogP contribution >= 0.6 is 0 Å². The van der Waals surface area contributed by atoms with Gasteiger partial charge in [0, 0.05) is 17.0 Å². The van der Waals surface area contributed by atoms with Gasteiger partial charge in [0.2, 0.25) is 0 Å². The molecule has 0 spiro atoms. The Morgan fingerprint density at radius 3 is 2.87 bits per heavy atom. The summed E-state index contributed by atoms with van der Waals surface area (Å²) in [5.41, 5.74) is 8.97. The molecule has 78 valence electrons. The third kappa shape index (κ3) is 1.95. The van der Waals surface area contributed by atoms with Gasteiger partial charge in [0.15, 0.2) is 0 Å². The van der Waals surface area contributed by atoms with Crippen molar-refractivity contribution >= 4 is 17.0 Å². The Balaban J connectivity index is 2.49. The number of furan rings is 1. The van der Waals surface area contributed by atoms with Crippen LogP contribution in [0.3, 0.4) is 0 Å². The molecule has 0 amide bonds. The van der Waals surface area contributed by atoms with Crippen molar-refractivity contribution in [1.82, 2.24) is 0 Å². The minimum atomic E-state index is 0.0821. The highest BCUT2D eigenvalue weighted by atomic mass is 16.3. The highest BCUT2D eigenvalue weighted by Crippen LogP contribution is 2.23. The maximum Gasteiger partial charge on any atom is 0.134 e. The van der Waals surface area contributed by atoms with E-state index in [1.165, 1.54) is 0 Å². The first-order valence-corrected chi connectivity index (χ1v) is 5.08. The van der Waals surface area contributed by atoms with Crippen molar-refractivity contribution in [2.45, 2.75) is 19.9 Å². The molecule has 1 aromatic heterocycles. The molecule has 0 bridgehead atoms. The van der Waals surface area contributed by atoms with Crippen molar-refractivity contribution in [2.75, 3.05) is 0 Å². The molecule has 0 fully saturated rings. The molecule has 2 aromatic rings. The molecule has 0 aliphatic carbocycles. The van der Waals surface area contributed by atoms with Crippen LogP contribution in [0.4, 0.5) is 0 Å². The summed E-state index contributed by atoms with van der Waals surface area (Å²) in [6.07, 6.45) is 3.85. The minimum absolute atomic E-state index is 0.0821. The summed E-state index contributed by atoms with van der Waals surface area (Å²) in [6.45, 7) is 4.01. The van der Waals surface area contributed by atoms with Crippen LogP contribution in [0, 0.1) is 0 Å². The second kappa shape index (κ2) is 3.91.